The number of carbonyl (C=O) groups is 1. The molecule has 3 rings (SSSR count). The summed E-state index contributed by atoms with van der Waals surface area (Å²) in [5, 5.41) is 3.28. The van der Waals surface area contributed by atoms with Gasteiger partial charge < -0.3 is 10.1 Å². The molecule has 1 atom stereocenters. The molecule has 0 unspecified atom stereocenters. The zero-order valence-corrected chi connectivity index (χ0v) is 14.2. The molecule has 0 saturated heterocycles. The van der Waals surface area contributed by atoms with E-state index in [1.807, 2.05) is 42.5 Å². The molecule has 1 saturated carbocycles. The van der Waals surface area contributed by atoms with Crippen molar-refractivity contribution in [2.24, 2.45) is 5.92 Å². The fourth-order valence-corrected chi connectivity index (χ4v) is 3.43. The van der Waals surface area contributed by atoms with Gasteiger partial charge in [-0.05, 0) is 36.1 Å². The number of hydrogen-bond acceptors (Lipinski definition) is 2. The molecule has 1 aliphatic carbocycles. The fourth-order valence-electron chi connectivity index (χ4n) is 3.43. The summed E-state index contributed by atoms with van der Waals surface area (Å²) in [6, 6.07) is 18.0. The minimum Gasteiger partial charge on any atom is -0.497 e. The second kappa shape index (κ2) is 8.00. The normalized spacial score (nSPS) is 16.4. The van der Waals surface area contributed by atoms with Crippen molar-refractivity contribution in [2.45, 2.75) is 38.1 Å². The van der Waals surface area contributed by atoms with Crippen molar-refractivity contribution < 1.29 is 9.53 Å². The molecule has 126 valence electrons. The fraction of sp³-hybridized carbons (Fsp3) is 0.381. The predicted molar refractivity (Wildman–Crippen MR) is 96.0 cm³/mol. The number of methoxy groups -OCH3 is 1. The van der Waals surface area contributed by atoms with E-state index in [2.05, 4.69) is 17.4 Å². The standard InChI is InChI=1S/C21H25NO2/c1-24-19-14-12-17(13-15-19)20(16-8-4-2-5-9-16)22-21(23)18-10-6-3-7-11-18/h2,4-5,8-9,12-15,18,20H,3,6-7,10-11H2,1H3,(H,22,23)/t20-/m1/s1. The lowest BCUT2D eigenvalue weighted by Gasteiger charge is -2.25. The molecule has 24 heavy (non-hydrogen) atoms. The van der Waals surface area contributed by atoms with Gasteiger partial charge in [-0.25, -0.2) is 0 Å². The first-order chi connectivity index (χ1) is 11.8. The number of ether oxygens (including phenoxy) is 1. The predicted octanol–water partition coefficient (Wildman–Crippen LogP) is 4.48. The van der Waals surface area contributed by atoms with Crippen LogP contribution in [0.2, 0.25) is 0 Å². The van der Waals surface area contributed by atoms with E-state index in [-0.39, 0.29) is 17.9 Å². The van der Waals surface area contributed by atoms with Crippen LogP contribution in [0.25, 0.3) is 0 Å². The van der Waals surface area contributed by atoms with Gasteiger partial charge in [0.25, 0.3) is 0 Å². The highest BCUT2D eigenvalue weighted by Crippen LogP contribution is 2.28. The van der Waals surface area contributed by atoms with Gasteiger partial charge in [-0.15, -0.1) is 0 Å². The molecule has 1 N–H and O–H groups in total. The Labute approximate surface area is 144 Å². The van der Waals surface area contributed by atoms with E-state index in [4.69, 9.17) is 4.74 Å². The molecule has 0 heterocycles. The Hall–Kier alpha value is -2.29. The third-order valence-corrected chi connectivity index (χ3v) is 4.84. The minimum atomic E-state index is -0.119. The van der Waals surface area contributed by atoms with Crippen molar-refractivity contribution in [1.29, 1.82) is 0 Å². The van der Waals surface area contributed by atoms with Crippen LogP contribution in [0.15, 0.2) is 54.6 Å². The van der Waals surface area contributed by atoms with E-state index in [1.54, 1.807) is 7.11 Å². The van der Waals surface area contributed by atoms with Gasteiger partial charge in [0.05, 0.1) is 13.2 Å². The molecule has 2 aromatic carbocycles. The van der Waals surface area contributed by atoms with Crippen LogP contribution in [0.3, 0.4) is 0 Å². The number of nitrogens with one attached hydrogen (secondary N) is 1. The van der Waals surface area contributed by atoms with E-state index in [0.29, 0.717) is 0 Å². The maximum Gasteiger partial charge on any atom is 0.223 e. The van der Waals surface area contributed by atoms with Crippen LogP contribution in [-0.4, -0.2) is 13.0 Å². The van der Waals surface area contributed by atoms with E-state index < -0.39 is 0 Å². The summed E-state index contributed by atoms with van der Waals surface area (Å²) in [6.45, 7) is 0. The molecule has 0 bridgehead atoms. The molecule has 0 aliphatic heterocycles. The summed E-state index contributed by atoms with van der Waals surface area (Å²) in [5.41, 5.74) is 2.18. The number of amides is 1. The summed E-state index contributed by atoms with van der Waals surface area (Å²) in [7, 11) is 1.66. The largest absolute Gasteiger partial charge is 0.497 e. The maximum atomic E-state index is 12.7. The van der Waals surface area contributed by atoms with Crippen LogP contribution in [0.4, 0.5) is 0 Å². The number of carbonyl (C=O) groups excluding carboxylic acids is 1. The van der Waals surface area contributed by atoms with Crippen molar-refractivity contribution >= 4 is 5.91 Å². The Morgan fingerprint density at radius 2 is 1.58 bits per heavy atom. The van der Waals surface area contributed by atoms with E-state index in [1.165, 1.54) is 6.42 Å². The molecule has 0 aromatic heterocycles. The first-order valence-corrected chi connectivity index (χ1v) is 8.77. The van der Waals surface area contributed by atoms with E-state index >= 15 is 0 Å². The molecule has 1 fully saturated rings. The van der Waals surface area contributed by atoms with Gasteiger partial charge in [0, 0.05) is 5.92 Å². The summed E-state index contributed by atoms with van der Waals surface area (Å²) >= 11 is 0. The molecule has 0 spiro atoms. The molecular formula is C21H25NO2. The van der Waals surface area contributed by atoms with Gasteiger partial charge in [-0.2, -0.15) is 0 Å². The zero-order valence-electron chi connectivity index (χ0n) is 14.2. The third kappa shape index (κ3) is 3.97. The Bertz CT molecular complexity index is 645. The average molecular weight is 323 g/mol. The lowest BCUT2D eigenvalue weighted by molar-refractivity contribution is -0.126. The second-order valence-corrected chi connectivity index (χ2v) is 6.46. The number of benzene rings is 2. The van der Waals surface area contributed by atoms with Crippen LogP contribution in [0.5, 0.6) is 5.75 Å². The average Bonchev–Trinajstić information content (AvgIpc) is 2.67. The van der Waals surface area contributed by atoms with Crippen molar-refractivity contribution in [3.8, 4) is 5.75 Å². The van der Waals surface area contributed by atoms with Crippen LogP contribution in [-0.2, 0) is 4.79 Å². The smallest absolute Gasteiger partial charge is 0.223 e. The van der Waals surface area contributed by atoms with E-state index in [9.17, 15) is 4.79 Å². The van der Waals surface area contributed by atoms with Gasteiger partial charge in [0.2, 0.25) is 5.91 Å². The first kappa shape index (κ1) is 16.6. The maximum absolute atomic E-state index is 12.7. The Kier molecular flexibility index (Phi) is 5.52. The molecule has 3 heteroatoms. The molecule has 2 aromatic rings. The quantitative estimate of drug-likeness (QED) is 0.881. The van der Waals surface area contributed by atoms with Crippen LogP contribution < -0.4 is 10.1 Å². The Balaban J connectivity index is 1.83. The van der Waals surface area contributed by atoms with Crippen LogP contribution in [0.1, 0.15) is 49.3 Å². The van der Waals surface area contributed by atoms with Crippen molar-refractivity contribution in [3.05, 3.63) is 65.7 Å². The van der Waals surface area contributed by atoms with Gasteiger partial charge in [0.15, 0.2) is 0 Å². The highest BCUT2D eigenvalue weighted by Gasteiger charge is 2.24. The van der Waals surface area contributed by atoms with Gasteiger partial charge in [-0.3, -0.25) is 4.79 Å². The van der Waals surface area contributed by atoms with Crippen molar-refractivity contribution in [3.63, 3.8) is 0 Å². The van der Waals surface area contributed by atoms with Gasteiger partial charge in [-0.1, -0.05) is 61.7 Å². The number of hydrogen-bond donors (Lipinski definition) is 1. The topological polar surface area (TPSA) is 38.3 Å². The Morgan fingerprint density at radius 1 is 0.958 bits per heavy atom. The lowest BCUT2D eigenvalue weighted by Crippen LogP contribution is -2.35. The highest BCUT2D eigenvalue weighted by atomic mass is 16.5. The SMILES string of the molecule is COc1ccc([C@H](NC(=O)C2CCCCC2)c2ccccc2)cc1. The summed E-state index contributed by atoms with van der Waals surface area (Å²) in [4.78, 5) is 12.7. The lowest BCUT2D eigenvalue weighted by atomic mass is 9.88. The number of rotatable bonds is 5. The van der Waals surface area contributed by atoms with Crippen LogP contribution in [0, 0.1) is 5.92 Å². The molecule has 0 radical (unpaired) electrons. The summed E-state index contributed by atoms with van der Waals surface area (Å²) < 4.78 is 5.24. The minimum absolute atomic E-state index is 0.119. The second-order valence-electron chi connectivity index (χ2n) is 6.46. The summed E-state index contributed by atoms with van der Waals surface area (Å²) in [6.07, 6.45) is 5.60. The molecule has 1 amide bonds. The van der Waals surface area contributed by atoms with E-state index in [0.717, 1.165) is 42.6 Å². The zero-order chi connectivity index (χ0) is 16.8. The third-order valence-electron chi connectivity index (χ3n) is 4.84. The first-order valence-electron chi connectivity index (χ1n) is 8.77. The molecular weight excluding hydrogens is 298 g/mol. The van der Waals surface area contributed by atoms with Crippen molar-refractivity contribution in [1.82, 2.24) is 5.32 Å². The van der Waals surface area contributed by atoms with Crippen molar-refractivity contribution in [2.75, 3.05) is 7.11 Å². The van der Waals surface area contributed by atoms with Gasteiger partial charge >= 0.3 is 0 Å². The van der Waals surface area contributed by atoms with Gasteiger partial charge in [0.1, 0.15) is 5.75 Å². The monoisotopic (exact) mass is 323 g/mol. The Morgan fingerprint density at radius 3 is 2.21 bits per heavy atom. The van der Waals surface area contributed by atoms with Crippen LogP contribution >= 0.6 is 0 Å². The highest BCUT2D eigenvalue weighted by molar-refractivity contribution is 5.79. The molecule has 3 nitrogen and oxygen atoms in total. The molecule has 1 aliphatic rings. The summed E-state index contributed by atoms with van der Waals surface area (Å²) in [5.74, 6) is 1.16.